The van der Waals surface area contributed by atoms with Crippen molar-refractivity contribution in [2.75, 3.05) is 0 Å². The first-order valence-electron chi connectivity index (χ1n) is 12.0. The number of benzene rings is 4. The van der Waals surface area contributed by atoms with Gasteiger partial charge in [-0.1, -0.05) is 84.9 Å². The summed E-state index contributed by atoms with van der Waals surface area (Å²) in [5.41, 5.74) is 5.75. The summed E-state index contributed by atoms with van der Waals surface area (Å²) in [6.07, 6.45) is -0.504. The zero-order chi connectivity index (χ0) is 25.5. The van der Waals surface area contributed by atoms with Crippen LogP contribution < -0.4 is 10.6 Å². The molecule has 0 unspecified atom stereocenters. The Morgan fingerprint density at radius 3 is 2.27 bits per heavy atom. The van der Waals surface area contributed by atoms with Gasteiger partial charge >= 0.3 is 6.09 Å². The smallest absolute Gasteiger partial charge is 0.407 e. The summed E-state index contributed by atoms with van der Waals surface area (Å²) in [6.45, 7) is 0.736. The van der Waals surface area contributed by atoms with Gasteiger partial charge in [0.15, 0.2) is 0 Å². The SMILES string of the molecule is O=C(NCc1ccccc1-c1ccccc1C(=O)NCc1nc2ccccc2[nH]1)OCc1ccccc1. The molecular formula is C30H26N4O3. The predicted molar refractivity (Wildman–Crippen MR) is 143 cm³/mol. The largest absolute Gasteiger partial charge is 0.445 e. The normalized spacial score (nSPS) is 10.7. The summed E-state index contributed by atoms with van der Waals surface area (Å²) in [5.74, 6) is 0.478. The van der Waals surface area contributed by atoms with Gasteiger partial charge in [0.05, 0.1) is 17.6 Å². The third-order valence-electron chi connectivity index (χ3n) is 5.97. The molecule has 0 aliphatic heterocycles. The number of imidazole rings is 1. The number of alkyl carbamates (subject to hydrolysis) is 1. The molecule has 1 heterocycles. The minimum absolute atomic E-state index is 0.197. The highest BCUT2D eigenvalue weighted by Crippen LogP contribution is 2.27. The molecule has 7 heteroatoms. The lowest BCUT2D eigenvalue weighted by atomic mass is 9.95. The summed E-state index contributed by atoms with van der Waals surface area (Å²) in [7, 11) is 0. The standard InChI is InChI=1S/C30H26N4O3/c35-29(31-19-28-33-26-16-8-9-17-27(26)34-28)25-15-7-6-14-24(25)23-13-5-4-12-22(23)18-32-30(36)37-20-21-10-2-1-3-11-21/h1-17H,18-20H2,(H,31,35)(H,32,36)(H,33,34). The Labute approximate surface area is 214 Å². The van der Waals surface area contributed by atoms with Crippen LogP contribution in [-0.4, -0.2) is 22.0 Å². The first-order chi connectivity index (χ1) is 18.2. The van der Waals surface area contributed by atoms with Crippen molar-refractivity contribution in [1.82, 2.24) is 20.6 Å². The second kappa shape index (κ2) is 11.2. The van der Waals surface area contributed by atoms with E-state index in [0.717, 1.165) is 33.3 Å². The average molecular weight is 491 g/mol. The van der Waals surface area contributed by atoms with Gasteiger partial charge in [0.1, 0.15) is 12.4 Å². The van der Waals surface area contributed by atoms with Crippen LogP contribution >= 0.6 is 0 Å². The molecule has 0 saturated carbocycles. The maximum absolute atomic E-state index is 13.2. The number of fused-ring (bicyclic) bond motifs is 1. The number of aromatic amines is 1. The van der Waals surface area contributed by atoms with Crippen LogP contribution in [0.25, 0.3) is 22.2 Å². The second-order valence-corrected chi connectivity index (χ2v) is 8.50. The van der Waals surface area contributed by atoms with Crippen molar-refractivity contribution in [3.8, 4) is 11.1 Å². The van der Waals surface area contributed by atoms with Crippen molar-refractivity contribution >= 4 is 23.0 Å². The number of carbonyl (C=O) groups is 2. The number of para-hydroxylation sites is 2. The lowest BCUT2D eigenvalue weighted by Gasteiger charge is -2.14. The van der Waals surface area contributed by atoms with E-state index in [-0.39, 0.29) is 25.6 Å². The van der Waals surface area contributed by atoms with Gasteiger partial charge in [-0.25, -0.2) is 9.78 Å². The monoisotopic (exact) mass is 490 g/mol. The van der Waals surface area contributed by atoms with Crippen LogP contribution in [0.1, 0.15) is 27.3 Å². The van der Waals surface area contributed by atoms with Crippen LogP contribution in [0, 0.1) is 0 Å². The summed E-state index contributed by atoms with van der Waals surface area (Å²) >= 11 is 0. The number of H-pyrrole nitrogens is 1. The van der Waals surface area contributed by atoms with Crippen LogP contribution in [0.3, 0.4) is 0 Å². The fraction of sp³-hybridized carbons (Fsp3) is 0.100. The highest BCUT2D eigenvalue weighted by molar-refractivity contribution is 6.01. The zero-order valence-electron chi connectivity index (χ0n) is 20.1. The van der Waals surface area contributed by atoms with Gasteiger partial charge in [0, 0.05) is 12.1 Å². The molecule has 5 rings (SSSR count). The molecule has 7 nitrogen and oxygen atoms in total. The highest BCUT2D eigenvalue weighted by atomic mass is 16.5. The molecule has 4 aromatic carbocycles. The maximum atomic E-state index is 13.2. The van der Waals surface area contributed by atoms with Crippen molar-refractivity contribution in [1.29, 1.82) is 0 Å². The molecule has 0 radical (unpaired) electrons. The molecule has 0 aliphatic rings. The minimum Gasteiger partial charge on any atom is -0.445 e. The number of carbonyl (C=O) groups excluding carboxylic acids is 2. The molecule has 0 atom stereocenters. The van der Waals surface area contributed by atoms with E-state index >= 15 is 0 Å². The van der Waals surface area contributed by atoms with Crippen LogP contribution in [0.5, 0.6) is 0 Å². The van der Waals surface area contributed by atoms with Gasteiger partial charge in [0.25, 0.3) is 5.91 Å². The molecule has 0 bridgehead atoms. The topological polar surface area (TPSA) is 96.1 Å². The molecule has 5 aromatic rings. The van der Waals surface area contributed by atoms with Crippen LogP contribution in [0.4, 0.5) is 4.79 Å². The molecule has 37 heavy (non-hydrogen) atoms. The van der Waals surface area contributed by atoms with Crippen molar-refractivity contribution in [3.05, 3.63) is 126 Å². The quantitative estimate of drug-likeness (QED) is 0.264. The molecule has 0 saturated heterocycles. The number of nitrogens with zero attached hydrogens (tertiary/aromatic N) is 1. The van der Waals surface area contributed by atoms with E-state index in [2.05, 4.69) is 20.6 Å². The Kier molecular flexibility index (Phi) is 7.22. The molecule has 0 fully saturated rings. The van der Waals surface area contributed by atoms with Crippen LogP contribution in [0.15, 0.2) is 103 Å². The van der Waals surface area contributed by atoms with E-state index in [1.165, 1.54) is 0 Å². The van der Waals surface area contributed by atoms with Gasteiger partial charge in [-0.15, -0.1) is 0 Å². The number of hydrogen-bond acceptors (Lipinski definition) is 4. The second-order valence-electron chi connectivity index (χ2n) is 8.50. The minimum atomic E-state index is -0.504. The van der Waals surface area contributed by atoms with Crippen molar-refractivity contribution in [3.63, 3.8) is 0 Å². The lowest BCUT2D eigenvalue weighted by Crippen LogP contribution is -2.25. The maximum Gasteiger partial charge on any atom is 0.407 e. The van der Waals surface area contributed by atoms with E-state index in [4.69, 9.17) is 4.74 Å². The Bertz CT molecular complexity index is 1500. The van der Waals surface area contributed by atoms with E-state index in [9.17, 15) is 9.59 Å². The molecular weight excluding hydrogens is 464 g/mol. The molecule has 184 valence electrons. The summed E-state index contributed by atoms with van der Waals surface area (Å²) in [4.78, 5) is 33.2. The average Bonchev–Trinajstić information content (AvgIpc) is 3.37. The first-order valence-corrected chi connectivity index (χ1v) is 12.0. The molecule has 2 amide bonds. The molecule has 3 N–H and O–H groups in total. The zero-order valence-corrected chi connectivity index (χ0v) is 20.1. The lowest BCUT2D eigenvalue weighted by molar-refractivity contribution is 0.0950. The molecule has 1 aromatic heterocycles. The first kappa shape index (κ1) is 23.8. The van der Waals surface area contributed by atoms with Gasteiger partial charge in [-0.05, 0) is 40.5 Å². The number of nitrogens with one attached hydrogen (secondary N) is 3. The number of hydrogen-bond donors (Lipinski definition) is 3. The van der Waals surface area contributed by atoms with Crippen molar-refractivity contribution < 1.29 is 14.3 Å². The Morgan fingerprint density at radius 2 is 1.43 bits per heavy atom. The molecule has 0 spiro atoms. The molecule has 0 aliphatic carbocycles. The summed E-state index contributed by atoms with van der Waals surface area (Å²) < 4.78 is 5.33. The van der Waals surface area contributed by atoms with E-state index < -0.39 is 6.09 Å². The highest BCUT2D eigenvalue weighted by Gasteiger charge is 2.16. The van der Waals surface area contributed by atoms with E-state index in [1.807, 2.05) is 97.1 Å². The van der Waals surface area contributed by atoms with Crippen molar-refractivity contribution in [2.24, 2.45) is 0 Å². The van der Waals surface area contributed by atoms with Gasteiger partial charge in [-0.2, -0.15) is 0 Å². The number of ether oxygens (including phenoxy) is 1. The van der Waals surface area contributed by atoms with Crippen LogP contribution in [-0.2, 0) is 24.4 Å². The summed E-state index contributed by atoms with van der Waals surface area (Å²) in [5, 5.41) is 5.78. The van der Waals surface area contributed by atoms with Crippen molar-refractivity contribution in [2.45, 2.75) is 19.7 Å². The number of amides is 2. The van der Waals surface area contributed by atoms with Gasteiger partial charge in [0.2, 0.25) is 0 Å². The van der Waals surface area contributed by atoms with E-state index in [0.29, 0.717) is 11.4 Å². The van der Waals surface area contributed by atoms with Crippen LogP contribution in [0.2, 0.25) is 0 Å². The Hall–Kier alpha value is -4.91. The number of aromatic nitrogens is 2. The van der Waals surface area contributed by atoms with Gasteiger partial charge in [-0.3, -0.25) is 4.79 Å². The van der Waals surface area contributed by atoms with Gasteiger partial charge < -0.3 is 20.4 Å². The summed E-state index contributed by atoms with van der Waals surface area (Å²) in [6, 6.07) is 32.4. The fourth-order valence-electron chi connectivity index (χ4n) is 4.14. The Balaban J connectivity index is 1.27. The third-order valence-corrected chi connectivity index (χ3v) is 5.97. The third kappa shape index (κ3) is 5.85. The fourth-order valence-corrected chi connectivity index (χ4v) is 4.14. The van der Waals surface area contributed by atoms with E-state index in [1.54, 1.807) is 6.07 Å². The Morgan fingerprint density at radius 1 is 0.730 bits per heavy atom. The predicted octanol–water partition coefficient (Wildman–Crippen LogP) is 5.59. The number of rotatable bonds is 8.